The van der Waals surface area contributed by atoms with Crippen molar-refractivity contribution in [2.24, 2.45) is 0 Å². The van der Waals surface area contributed by atoms with E-state index in [9.17, 15) is 0 Å². The van der Waals surface area contributed by atoms with Crippen LogP contribution in [0.4, 0.5) is 0 Å². The molecule has 0 aliphatic heterocycles. The lowest BCUT2D eigenvalue weighted by atomic mass is 10.5. The summed E-state index contributed by atoms with van der Waals surface area (Å²) in [5.41, 5.74) is 0. The second-order valence-corrected chi connectivity index (χ2v) is 14.4. The number of hydrogen-bond acceptors (Lipinski definition) is 4. The van der Waals surface area contributed by atoms with E-state index in [2.05, 4.69) is 41.5 Å². The molecule has 0 unspecified atom stereocenters. The molecule has 164 valence electrons. The molecule has 6 heteroatoms. The Kier molecular flexibility index (Phi) is 17.3. The summed E-state index contributed by atoms with van der Waals surface area (Å²) < 4.78 is 25.6. The molecule has 4 nitrogen and oxygen atoms in total. The van der Waals surface area contributed by atoms with E-state index in [1.807, 2.05) is 0 Å². The fourth-order valence-corrected chi connectivity index (χ4v) is 10.9. The Hall–Kier alpha value is 0.274. The van der Waals surface area contributed by atoms with Crippen LogP contribution in [0.1, 0.15) is 86.5 Å². The maximum atomic E-state index is 6.41. The molecule has 0 aromatic rings. The first-order valence-corrected chi connectivity index (χ1v) is 16.1. The van der Waals surface area contributed by atoms with Crippen LogP contribution in [0.5, 0.6) is 0 Å². The van der Waals surface area contributed by atoms with Crippen molar-refractivity contribution in [3.05, 3.63) is 0 Å². The van der Waals surface area contributed by atoms with Crippen molar-refractivity contribution in [3.8, 4) is 0 Å². The summed E-state index contributed by atoms with van der Waals surface area (Å²) in [5.74, 6) is 0. The van der Waals surface area contributed by atoms with Gasteiger partial charge in [-0.25, -0.2) is 0 Å². The highest BCUT2D eigenvalue weighted by Crippen LogP contribution is 2.30. The first kappa shape index (κ1) is 27.3. The second kappa shape index (κ2) is 17.2. The van der Waals surface area contributed by atoms with Gasteiger partial charge in [-0.3, -0.25) is 0 Å². The normalized spacial score (nSPS) is 12.7. The molecule has 0 bridgehead atoms. The van der Waals surface area contributed by atoms with Gasteiger partial charge in [0.25, 0.3) is 0 Å². The van der Waals surface area contributed by atoms with Gasteiger partial charge < -0.3 is 17.7 Å². The van der Waals surface area contributed by atoms with Crippen LogP contribution in [0.2, 0.25) is 24.2 Å². The number of hydrogen-bond donors (Lipinski definition) is 0. The SMILES string of the molecule is CCCO[Si](CCC)(CCC[Si](CCC)(OCCC)OCCC)OCCC. The highest BCUT2D eigenvalue weighted by molar-refractivity contribution is 6.69. The average Bonchev–Trinajstić information content (AvgIpc) is 2.67. The van der Waals surface area contributed by atoms with Crippen LogP contribution in [0.25, 0.3) is 0 Å². The largest absolute Gasteiger partial charge is 0.394 e. The van der Waals surface area contributed by atoms with Crippen molar-refractivity contribution in [3.63, 3.8) is 0 Å². The maximum Gasteiger partial charge on any atom is 0.338 e. The van der Waals surface area contributed by atoms with E-state index in [0.717, 1.165) is 95.5 Å². The average molecular weight is 421 g/mol. The van der Waals surface area contributed by atoms with Crippen LogP contribution in [0.3, 0.4) is 0 Å². The van der Waals surface area contributed by atoms with Gasteiger partial charge in [-0.1, -0.05) is 54.4 Å². The van der Waals surface area contributed by atoms with Crippen molar-refractivity contribution in [1.82, 2.24) is 0 Å². The molecule has 0 radical (unpaired) electrons. The quantitative estimate of drug-likeness (QED) is 0.203. The second-order valence-electron chi connectivity index (χ2n) is 7.57. The van der Waals surface area contributed by atoms with Crippen molar-refractivity contribution >= 4 is 17.1 Å². The first-order chi connectivity index (χ1) is 13.1. The maximum absolute atomic E-state index is 6.41. The molecule has 27 heavy (non-hydrogen) atoms. The molecular weight excluding hydrogens is 372 g/mol. The minimum Gasteiger partial charge on any atom is -0.394 e. The summed E-state index contributed by atoms with van der Waals surface area (Å²) in [6.07, 6.45) is 7.61. The van der Waals surface area contributed by atoms with Gasteiger partial charge in [0.1, 0.15) is 0 Å². The molecule has 0 N–H and O–H groups in total. The lowest BCUT2D eigenvalue weighted by Gasteiger charge is -2.34. The third-order valence-corrected chi connectivity index (χ3v) is 12.3. The van der Waals surface area contributed by atoms with Crippen LogP contribution < -0.4 is 0 Å². The predicted molar refractivity (Wildman–Crippen MR) is 121 cm³/mol. The Bertz CT molecular complexity index is 283. The fraction of sp³-hybridized carbons (Fsp3) is 1.00. The molecule has 0 aromatic heterocycles. The van der Waals surface area contributed by atoms with Gasteiger partial charge in [0.05, 0.1) is 0 Å². The zero-order valence-electron chi connectivity index (χ0n) is 19.2. The third-order valence-electron chi connectivity index (χ3n) is 4.65. The molecule has 0 saturated heterocycles. The molecule has 0 aromatic carbocycles. The molecule has 0 heterocycles. The van der Waals surface area contributed by atoms with Gasteiger partial charge in [0, 0.05) is 26.4 Å². The molecule has 0 aliphatic rings. The highest BCUT2D eigenvalue weighted by atomic mass is 28.4. The lowest BCUT2D eigenvalue weighted by Crippen LogP contribution is -2.45. The molecule has 0 amide bonds. The monoisotopic (exact) mass is 420 g/mol. The van der Waals surface area contributed by atoms with E-state index >= 15 is 0 Å². The van der Waals surface area contributed by atoms with E-state index in [4.69, 9.17) is 17.7 Å². The van der Waals surface area contributed by atoms with E-state index in [1.54, 1.807) is 0 Å². The third kappa shape index (κ3) is 11.8. The summed E-state index contributed by atoms with van der Waals surface area (Å²) in [7, 11) is -4.22. The standard InChI is InChI=1S/C21H48O4Si2/c1-7-14-22-26(18-11-5,23-15-8-2)20-13-21-27(19-12-6,24-16-9-3)25-17-10-4/h7-21H2,1-6H3. The zero-order chi connectivity index (χ0) is 20.4. The summed E-state index contributed by atoms with van der Waals surface area (Å²) in [6.45, 7) is 16.5. The van der Waals surface area contributed by atoms with Crippen molar-refractivity contribution < 1.29 is 17.7 Å². The first-order valence-electron chi connectivity index (χ1n) is 11.6. The summed E-state index contributed by atoms with van der Waals surface area (Å²) in [4.78, 5) is 0. The molecule has 0 atom stereocenters. The van der Waals surface area contributed by atoms with E-state index < -0.39 is 17.1 Å². The Morgan fingerprint density at radius 3 is 0.926 bits per heavy atom. The number of rotatable bonds is 20. The van der Waals surface area contributed by atoms with Crippen LogP contribution in [0.15, 0.2) is 0 Å². The van der Waals surface area contributed by atoms with Gasteiger partial charge in [0.2, 0.25) is 0 Å². The van der Waals surface area contributed by atoms with Crippen molar-refractivity contribution in [1.29, 1.82) is 0 Å². The zero-order valence-corrected chi connectivity index (χ0v) is 21.2. The minimum absolute atomic E-state index is 0.826. The molecular formula is C21H48O4Si2. The minimum atomic E-state index is -2.11. The van der Waals surface area contributed by atoms with Crippen LogP contribution in [0, 0.1) is 0 Å². The summed E-state index contributed by atoms with van der Waals surface area (Å²) in [6, 6.07) is 4.34. The van der Waals surface area contributed by atoms with E-state index in [1.165, 1.54) is 0 Å². The molecule has 0 aliphatic carbocycles. The van der Waals surface area contributed by atoms with Crippen molar-refractivity contribution in [2.75, 3.05) is 26.4 Å². The van der Waals surface area contributed by atoms with Gasteiger partial charge in [-0.2, -0.15) is 0 Å². The smallest absolute Gasteiger partial charge is 0.338 e. The molecule has 0 rings (SSSR count). The lowest BCUT2D eigenvalue weighted by molar-refractivity contribution is 0.160. The van der Waals surface area contributed by atoms with E-state index in [0.29, 0.717) is 0 Å². The Morgan fingerprint density at radius 2 is 0.704 bits per heavy atom. The molecule has 0 saturated carbocycles. The van der Waals surface area contributed by atoms with E-state index in [-0.39, 0.29) is 0 Å². The Labute approximate surface area is 172 Å². The van der Waals surface area contributed by atoms with Gasteiger partial charge in [-0.15, -0.1) is 0 Å². The summed E-state index contributed by atoms with van der Waals surface area (Å²) in [5, 5.41) is 0. The van der Waals surface area contributed by atoms with Crippen molar-refractivity contribution in [2.45, 2.75) is 111 Å². The highest BCUT2D eigenvalue weighted by Gasteiger charge is 2.40. The van der Waals surface area contributed by atoms with Crippen LogP contribution in [-0.4, -0.2) is 43.5 Å². The summed E-state index contributed by atoms with van der Waals surface area (Å²) >= 11 is 0. The van der Waals surface area contributed by atoms with Crippen LogP contribution in [-0.2, 0) is 17.7 Å². The molecule has 0 fully saturated rings. The van der Waals surface area contributed by atoms with Gasteiger partial charge in [-0.05, 0) is 56.3 Å². The topological polar surface area (TPSA) is 36.9 Å². The van der Waals surface area contributed by atoms with Crippen LogP contribution >= 0.6 is 0 Å². The molecule has 0 spiro atoms. The van der Waals surface area contributed by atoms with Gasteiger partial charge >= 0.3 is 17.1 Å². The Balaban J connectivity index is 5.06. The predicted octanol–water partition coefficient (Wildman–Crippen LogP) is 6.79. The Morgan fingerprint density at radius 1 is 0.407 bits per heavy atom. The van der Waals surface area contributed by atoms with Gasteiger partial charge in [0.15, 0.2) is 0 Å². The fourth-order valence-electron chi connectivity index (χ4n) is 3.45.